The lowest BCUT2D eigenvalue weighted by molar-refractivity contribution is 0.380. The third-order valence-electron chi connectivity index (χ3n) is 1.79. The van der Waals surface area contributed by atoms with E-state index in [2.05, 4.69) is 10.1 Å². The predicted molar refractivity (Wildman–Crippen MR) is 49.3 cm³/mol. The molecule has 0 saturated heterocycles. The van der Waals surface area contributed by atoms with E-state index in [0.717, 1.165) is 5.56 Å². The summed E-state index contributed by atoms with van der Waals surface area (Å²) in [7, 11) is 1.52. The molecule has 0 radical (unpaired) electrons. The molecule has 0 spiro atoms. The molecule has 0 atom stereocenters. The van der Waals surface area contributed by atoms with Gasteiger partial charge < -0.3 is 4.74 Å². The predicted octanol–water partition coefficient (Wildman–Crippen LogP) is 1.70. The van der Waals surface area contributed by atoms with Crippen molar-refractivity contribution in [1.29, 1.82) is 0 Å². The van der Waals surface area contributed by atoms with Crippen molar-refractivity contribution in [1.82, 2.24) is 14.6 Å². The van der Waals surface area contributed by atoms with Crippen molar-refractivity contribution < 1.29 is 4.74 Å². The largest absolute Gasteiger partial charge is 0.466 e. The topological polar surface area (TPSA) is 39.4 Å². The molecule has 0 N–H and O–H groups in total. The van der Waals surface area contributed by atoms with Crippen molar-refractivity contribution >= 4 is 17.2 Å². The second-order valence-electron chi connectivity index (χ2n) is 2.68. The van der Waals surface area contributed by atoms with E-state index in [0.29, 0.717) is 16.8 Å². The molecule has 4 nitrogen and oxygen atoms in total. The van der Waals surface area contributed by atoms with E-state index < -0.39 is 0 Å². The number of nitrogens with zero attached hydrogens (tertiary/aromatic N) is 3. The highest BCUT2D eigenvalue weighted by atomic mass is 35.5. The first-order valence-electron chi connectivity index (χ1n) is 3.78. The molecule has 0 aliphatic rings. The maximum Gasteiger partial charge on any atom is 0.336 e. The Labute approximate surface area is 80.1 Å². The molecule has 2 aromatic rings. The van der Waals surface area contributed by atoms with Gasteiger partial charge in [0.15, 0.2) is 5.65 Å². The zero-order chi connectivity index (χ0) is 9.42. The molecular formula is C8H8ClN3O. The number of aryl methyl sites for hydroxylation is 1. The fourth-order valence-corrected chi connectivity index (χ4v) is 1.27. The molecule has 2 rings (SSSR count). The number of methoxy groups -OCH3 is 1. The monoisotopic (exact) mass is 197 g/mol. The minimum atomic E-state index is 0.326. The van der Waals surface area contributed by atoms with E-state index in [1.807, 2.05) is 19.1 Å². The van der Waals surface area contributed by atoms with Gasteiger partial charge in [0.2, 0.25) is 0 Å². The van der Waals surface area contributed by atoms with Gasteiger partial charge in [-0.1, -0.05) is 17.7 Å². The molecule has 0 unspecified atom stereocenters. The van der Waals surface area contributed by atoms with Crippen LogP contribution in [-0.2, 0) is 0 Å². The van der Waals surface area contributed by atoms with Crippen LogP contribution in [0.15, 0.2) is 12.1 Å². The number of ether oxygens (including phenoxy) is 1. The third kappa shape index (κ3) is 1.23. The lowest BCUT2D eigenvalue weighted by atomic mass is 10.3. The van der Waals surface area contributed by atoms with Crippen LogP contribution in [0.4, 0.5) is 0 Å². The van der Waals surface area contributed by atoms with Crippen molar-refractivity contribution in [2.75, 3.05) is 7.11 Å². The number of halogens is 1. The average Bonchev–Trinajstić information content (AvgIpc) is 2.55. The standard InChI is InChI=1S/C8H8ClN3O/c1-5-3-4-6-10-8(13-2)11-12(6)7(5)9/h3-4H,1-2H3. The summed E-state index contributed by atoms with van der Waals surface area (Å²) in [5.41, 5.74) is 1.65. The van der Waals surface area contributed by atoms with Gasteiger partial charge in [-0.2, -0.15) is 9.50 Å². The summed E-state index contributed by atoms with van der Waals surface area (Å²) < 4.78 is 6.44. The lowest BCUT2D eigenvalue weighted by Crippen LogP contribution is -1.92. The summed E-state index contributed by atoms with van der Waals surface area (Å²) in [6.07, 6.45) is 0. The van der Waals surface area contributed by atoms with Crippen LogP contribution in [-0.4, -0.2) is 21.7 Å². The van der Waals surface area contributed by atoms with Gasteiger partial charge >= 0.3 is 6.01 Å². The fourth-order valence-electron chi connectivity index (χ4n) is 1.08. The first-order chi connectivity index (χ1) is 6.22. The molecule has 2 heterocycles. The maximum atomic E-state index is 6.00. The highest BCUT2D eigenvalue weighted by Gasteiger charge is 2.07. The van der Waals surface area contributed by atoms with Crippen LogP contribution in [0.5, 0.6) is 6.01 Å². The first kappa shape index (κ1) is 8.31. The van der Waals surface area contributed by atoms with Crippen molar-refractivity contribution in [3.8, 4) is 6.01 Å². The molecule has 13 heavy (non-hydrogen) atoms. The Kier molecular flexibility index (Phi) is 1.84. The van der Waals surface area contributed by atoms with Crippen LogP contribution in [0.25, 0.3) is 5.65 Å². The van der Waals surface area contributed by atoms with Gasteiger partial charge in [0.05, 0.1) is 7.11 Å². The second-order valence-corrected chi connectivity index (χ2v) is 3.03. The Morgan fingerprint density at radius 3 is 2.92 bits per heavy atom. The Hall–Kier alpha value is -1.29. The van der Waals surface area contributed by atoms with Crippen molar-refractivity contribution in [3.63, 3.8) is 0 Å². The smallest absolute Gasteiger partial charge is 0.336 e. The summed E-state index contributed by atoms with van der Waals surface area (Å²) >= 11 is 6.00. The first-order valence-corrected chi connectivity index (χ1v) is 4.16. The zero-order valence-corrected chi connectivity index (χ0v) is 8.04. The van der Waals surface area contributed by atoms with E-state index in [1.54, 1.807) is 4.52 Å². The molecule has 0 fully saturated rings. The summed E-state index contributed by atoms with van der Waals surface area (Å²) in [5, 5.41) is 4.61. The normalized spacial score (nSPS) is 10.7. The van der Waals surface area contributed by atoms with Gasteiger partial charge in [-0.25, -0.2) is 0 Å². The quantitative estimate of drug-likeness (QED) is 0.654. The molecule has 0 aliphatic carbocycles. The van der Waals surface area contributed by atoms with Gasteiger partial charge in [-0.3, -0.25) is 0 Å². The molecular weight excluding hydrogens is 190 g/mol. The summed E-state index contributed by atoms with van der Waals surface area (Å²) in [5.74, 6) is 0. The molecule has 5 heteroatoms. The van der Waals surface area contributed by atoms with Crippen LogP contribution in [0.1, 0.15) is 5.56 Å². The second kappa shape index (κ2) is 2.88. The van der Waals surface area contributed by atoms with Crippen LogP contribution < -0.4 is 4.74 Å². The minimum Gasteiger partial charge on any atom is -0.466 e. The van der Waals surface area contributed by atoms with Gasteiger partial charge in [0, 0.05) is 0 Å². The summed E-state index contributed by atoms with van der Waals surface area (Å²) in [6, 6.07) is 4.07. The number of hydrogen-bond acceptors (Lipinski definition) is 3. The highest BCUT2D eigenvalue weighted by molar-refractivity contribution is 6.30. The van der Waals surface area contributed by atoms with E-state index in [1.165, 1.54) is 7.11 Å². The van der Waals surface area contributed by atoms with Crippen molar-refractivity contribution in [2.24, 2.45) is 0 Å². The van der Waals surface area contributed by atoms with E-state index >= 15 is 0 Å². The van der Waals surface area contributed by atoms with Crippen LogP contribution in [0, 0.1) is 6.92 Å². The molecule has 0 bridgehead atoms. The maximum absolute atomic E-state index is 6.00. The number of pyridine rings is 1. The van der Waals surface area contributed by atoms with Crippen LogP contribution in [0.2, 0.25) is 5.15 Å². The Bertz CT molecular complexity index is 452. The van der Waals surface area contributed by atoms with E-state index in [9.17, 15) is 0 Å². The molecule has 2 aromatic heterocycles. The van der Waals surface area contributed by atoms with Gasteiger partial charge in [-0.05, 0) is 18.6 Å². The molecule has 0 amide bonds. The molecule has 0 aliphatic heterocycles. The Morgan fingerprint density at radius 2 is 2.23 bits per heavy atom. The number of aromatic nitrogens is 3. The molecule has 0 aromatic carbocycles. The lowest BCUT2D eigenvalue weighted by Gasteiger charge is -1.97. The van der Waals surface area contributed by atoms with Gasteiger partial charge in [0.1, 0.15) is 5.15 Å². The van der Waals surface area contributed by atoms with Crippen molar-refractivity contribution in [2.45, 2.75) is 6.92 Å². The van der Waals surface area contributed by atoms with Crippen molar-refractivity contribution in [3.05, 3.63) is 22.8 Å². The number of fused-ring (bicyclic) bond motifs is 1. The van der Waals surface area contributed by atoms with Gasteiger partial charge in [0.25, 0.3) is 0 Å². The summed E-state index contributed by atoms with van der Waals surface area (Å²) in [6.45, 7) is 1.91. The Balaban J connectivity index is 2.76. The highest BCUT2D eigenvalue weighted by Crippen LogP contribution is 2.17. The third-order valence-corrected chi connectivity index (χ3v) is 2.25. The number of hydrogen-bond donors (Lipinski definition) is 0. The molecule has 0 saturated carbocycles. The van der Waals surface area contributed by atoms with Crippen LogP contribution >= 0.6 is 11.6 Å². The number of rotatable bonds is 1. The zero-order valence-electron chi connectivity index (χ0n) is 7.28. The van der Waals surface area contributed by atoms with Crippen LogP contribution in [0.3, 0.4) is 0 Å². The molecule has 68 valence electrons. The average molecular weight is 198 g/mol. The van der Waals surface area contributed by atoms with E-state index in [-0.39, 0.29) is 0 Å². The summed E-state index contributed by atoms with van der Waals surface area (Å²) in [4.78, 5) is 4.08. The minimum absolute atomic E-state index is 0.326. The van der Waals surface area contributed by atoms with E-state index in [4.69, 9.17) is 16.3 Å². The van der Waals surface area contributed by atoms with Gasteiger partial charge in [-0.15, -0.1) is 5.10 Å². The SMILES string of the molecule is COc1nc2ccc(C)c(Cl)n2n1. The Morgan fingerprint density at radius 1 is 1.46 bits per heavy atom. The fraction of sp³-hybridized carbons (Fsp3) is 0.250.